The number of aromatic nitrogens is 1. The van der Waals surface area contributed by atoms with Crippen LogP contribution in [0.15, 0.2) is 103 Å². The van der Waals surface area contributed by atoms with Crippen molar-refractivity contribution in [2.75, 3.05) is 11.9 Å². The van der Waals surface area contributed by atoms with Gasteiger partial charge in [0.15, 0.2) is 17.6 Å². The monoisotopic (exact) mass is 596 g/mol. The van der Waals surface area contributed by atoms with Crippen LogP contribution in [0.25, 0.3) is 0 Å². The molecular formula is C28H28N4O7S2. The van der Waals surface area contributed by atoms with Gasteiger partial charge in [-0.05, 0) is 29.8 Å². The summed E-state index contributed by atoms with van der Waals surface area (Å²) in [5, 5.41) is 27.4. The predicted octanol–water partition coefficient (Wildman–Crippen LogP) is 2.68. The van der Waals surface area contributed by atoms with Crippen LogP contribution in [0.5, 0.6) is 11.5 Å². The maximum absolute atomic E-state index is 14.4. The Balaban J connectivity index is 1.59. The Kier molecular flexibility index (Phi) is 8.93. The molecule has 0 saturated carbocycles. The minimum atomic E-state index is -4.66. The molecule has 0 unspecified atom stereocenters. The number of aliphatic hydroxyl groups is 2. The number of amides is 1. The number of nitrogens with zero attached hydrogens (tertiary/aromatic N) is 3. The third kappa shape index (κ3) is 6.73. The molecule has 0 spiro atoms. The summed E-state index contributed by atoms with van der Waals surface area (Å²) in [6, 6.07) is 25.3. The van der Waals surface area contributed by atoms with Gasteiger partial charge in [-0.25, -0.2) is 4.98 Å². The van der Waals surface area contributed by atoms with E-state index in [0.717, 1.165) is 19.9 Å². The summed E-state index contributed by atoms with van der Waals surface area (Å²) in [4.78, 5) is 17.1. The van der Waals surface area contributed by atoms with Crippen LogP contribution in [0.3, 0.4) is 0 Å². The molecule has 1 fully saturated rings. The van der Waals surface area contributed by atoms with Crippen LogP contribution >= 0.6 is 11.3 Å². The van der Waals surface area contributed by atoms with E-state index in [1.54, 1.807) is 96.4 Å². The maximum Gasteiger partial charge on any atom is 0.289 e. The number of hydrogen-bond acceptors (Lipinski definition) is 9. The number of nitrogens with one attached hydrogen (secondary N) is 1. The highest BCUT2D eigenvalue weighted by Gasteiger charge is 2.53. The quantitative estimate of drug-likeness (QED) is 0.268. The van der Waals surface area contributed by atoms with E-state index in [1.807, 2.05) is 0 Å². The molecule has 1 aliphatic rings. The van der Waals surface area contributed by atoms with E-state index in [9.17, 15) is 23.4 Å². The normalized spacial score (nSPS) is 22.9. The molecule has 2 heterocycles. The Morgan fingerprint density at radius 3 is 1.85 bits per heavy atom. The molecule has 4 atom stereocenters. The number of hydrogen-bond donors (Lipinski definition) is 3. The van der Waals surface area contributed by atoms with Crippen molar-refractivity contribution < 1.29 is 32.9 Å². The van der Waals surface area contributed by atoms with Crippen molar-refractivity contribution in [1.29, 1.82) is 0 Å². The number of para-hydroxylation sites is 2. The van der Waals surface area contributed by atoms with E-state index >= 15 is 0 Å². The summed E-state index contributed by atoms with van der Waals surface area (Å²) in [5.74, 6) is -0.220. The first kappa shape index (κ1) is 28.7. The second kappa shape index (κ2) is 12.8. The van der Waals surface area contributed by atoms with E-state index in [2.05, 4.69) is 10.3 Å². The van der Waals surface area contributed by atoms with Gasteiger partial charge in [0.1, 0.15) is 23.7 Å². The number of benzene rings is 3. The van der Waals surface area contributed by atoms with E-state index in [1.165, 1.54) is 6.20 Å². The fourth-order valence-corrected chi connectivity index (χ4v) is 6.57. The van der Waals surface area contributed by atoms with E-state index in [-0.39, 0.29) is 23.2 Å². The summed E-state index contributed by atoms with van der Waals surface area (Å²) in [6.45, 7) is -0.973. The van der Waals surface area contributed by atoms with Gasteiger partial charge in [-0.3, -0.25) is 4.79 Å². The van der Waals surface area contributed by atoms with Gasteiger partial charge in [-0.15, -0.1) is 19.9 Å². The Bertz CT molecular complexity index is 1510. The van der Waals surface area contributed by atoms with Crippen LogP contribution < -0.4 is 14.8 Å². The molecule has 0 bridgehead atoms. The summed E-state index contributed by atoms with van der Waals surface area (Å²) in [5.41, 5.74) is 0.592. The molecular weight excluding hydrogens is 568 g/mol. The largest absolute Gasteiger partial charge is 0.471 e. The third-order valence-corrected chi connectivity index (χ3v) is 8.80. The minimum absolute atomic E-state index is 0.223. The van der Waals surface area contributed by atoms with Crippen LogP contribution in [0.4, 0.5) is 5.13 Å². The van der Waals surface area contributed by atoms with Crippen LogP contribution in [0.2, 0.25) is 0 Å². The topological polar surface area (TPSA) is 142 Å². The molecule has 0 radical (unpaired) electrons. The minimum Gasteiger partial charge on any atom is -0.471 e. The fraction of sp³-hybridized carbons (Fsp3) is 0.214. The SMILES string of the molecule is O=C(CN1[C@H](Oc2ccccc2)[C@H](O)[C@@H](O)[C@@H](Oc2ccccc2)N(Cc2ccccc2)S1(=O)=O)Nc1nccs1. The zero-order valence-corrected chi connectivity index (χ0v) is 23.3. The van der Waals surface area contributed by atoms with Crippen molar-refractivity contribution in [2.24, 2.45) is 0 Å². The molecule has 5 rings (SSSR count). The third-order valence-electron chi connectivity index (χ3n) is 6.25. The highest BCUT2D eigenvalue weighted by molar-refractivity contribution is 7.86. The lowest BCUT2D eigenvalue weighted by atomic mass is 10.1. The van der Waals surface area contributed by atoms with Crippen molar-refractivity contribution >= 4 is 32.6 Å². The highest BCUT2D eigenvalue weighted by Crippen LogP contribution is 2.32. The average molecular weight is 597 g/mol. The molecule has 3 aromatic carbocycles. The number of carbonyl (C=O) groups excluding carboxylic acids is 1. The second-order valence-corrected chi connectivity index (χ2v) is 11.8. The van der Waals surface area contributed by atoms with Crippen LogP contribution in [0.1, 0.15) is 5.56 Å². The van der Waals surface area contributed by atoms with Gasteiger partial charge < -0.3 is 25.0 Å². The maximum atomic E-state index is 14.4. The molecule has 3 N–H and O–H groups in total. The Morgan fingerprint density at radius 2 is 1.34 bits per heavy atom. The smallest absolute Gasteiger partial charge is 0.289 e. The van der Waals surface area contributed by atoms with Crippen molar-refractivity contribution in [3.8, 4) is 11.5 Å². The summed E-state index contributed by atoms with van der Waals surface area (Å²) >= 11 is 1.16. The molecule has 1 amide bonds. The number of carbonyl (C=O) groups is 1. The van der Waals surface area contributed by atoms with Gasteiger partial charge in [-0.2, -0.15) is 8.42 Å². The summed E-state index contributed by atoms with van der Waals surface area (Å²) < 4.78 is 42.5. The van der Waals surface area contributed by atoms with Crippen LogP contribution in [0, 0.1) is 0 Å². The van der Waals surface area contributed by atoms with Gasteiger partial charge in [-0.1, -0.05) is 66.7 Å². The second-order valence-electron chi connectivity index (χ2n) is 9.09. The molecule has 13 heteroatoms. The highest BCUT2D eigenvalue weighted by atomic mass is 32.2. The van der Waals surface area contributed by atoms with Gasteiger partial charge in [0.05, 0.1) is 6.54 Å². The number of thiazole rings is 1. The number of aliphatic hydroxyl groups excluding tert-OH is 2. The van der Waals surface area contributed by atoms with E-state index in [4.69, 9.17) is 9.47 Å². The number of anilines is 1. The Labute approximate surface area is 241 Å². The first-order chi connectivity index (χ1) is 19.8. The standard InChI is InChI=1S/C28H28N4O7S2/c33-23(30-28-29-16-17-40-28)19-32-27(39-22-14-8-3-9-15-22)25(35)24(34)26(38-21-12-6-2-7-13-21)31(41(32,36)37)18-20-10-4-1-5-11-20/h1-17,24-27,34-35H,18-19H2,(H,29,30,33)/t24-,25-,26-,27-/m1/s1. The first-order valence-electron chi connectivity index (χ1n) is 12.6. The number of ether oxygens (including phenoxy) is 2. The van der Waals surface area contributed by atoms with Gasteiger partial charge in [0.25, 0.3) is 10.2 Å². The van der Waals surface area contributed by atoms with E-state index < -0.39 is 47.3 Å². The first-order valence-corrected chi connectivity index (χ1v) is 14.9. The van der Waals surface area contributed by atoms with Crippen LogP contribution in [-0.2, 0) is 21.5 Å². The van der Waals surface area contributed by atoms with Crippen molar-refractivity contribution in [2.45, 2.75) is 31.2 Å². The fourth-order valence-electron chi connectivity index (χ4n) is 4.30. The van der Waals surface area contributed by atoms with E-state index in [0.29, 0.717) is 5.56 Å². The van der Waals surface area contributed by atoms with Crippen molar-refractivity contribution in [3.63, 3.8) is 0 Å². The molecule has 1 aliphatic heterocycles. The Morgan fingerprint density at radius 1 is 0.829 bits per heavy atom. The molecule has 0 aliphatic carbocycles. The van der Waals surface area contributed by atoms with Gasteiger partial charge >= 0.3 is 0 Å². The summed E-state index contributed by atoms with van der Waals surface area (Å²) in [6.07, 6.45) is -5.38. The van der Waals surface area contributed by atoms with Gasteiger partial charge in [0.2, 0.25) is 5.91 Å². The molecule has 11 nitrogen and oxygen atoms in total. The lowest BCUT2D eigenvalue weighted by Gasteiger charge is -2.33. The lowest BCUT2D eigenvalue weighted by Crippen LogP contribution is -2.55. The molecule has 1 saturated heterocycles. The summed E-state index contributed by atoms with van der Waals surface area (Å²) in [7, 11) is -4.66. The number of rotatable bonds is 9. The van der Waals surface area contributed by atoms with Crippen molar-refractivity contribution in [1.82, 2.24) is 13.6 Å². The van der Waals surface area contributed by atoms with Gasteiger partial charge in [0, 0.05) is 18.1 Å². The molecule has 41 heavy (non-hydrogen) atoms. The lowest BCUT2D eigenvalue weighted by molar-refractivity contribution is -0.131. The van der Waals surface area contributed by atoms with Crippen LogP contribution in [-0.4, -0.2) is 69.3 Å². The van der Waals surface area contributed by atoms with Crippen molar-refractivity contribution in [3.05, 3.63) is 108 Å². The average Bonchev–Trinajstić information content (AvgIpc) is 3.49. The molecule has 214 valence electrons. The zero-order valence-electron chi connectivity index (χ0n) is 21.6. The Hall–Kier alpha value is -3.85. The molecule has 1 aromatic heterocycles. The zero-order chi connectivity index (χ0) is 28.8. The predicted molar refractivity (Wildman–Crippen MR) is 152 cm³/mol. The molecule has 4 aromatic rings.